The van der Waals surface area contributed by atoms with Gasteiger partial charge in [0.1, 0.15) is 5.75 Å². The lowest BCUT2D eigenvalue weighted by molar-refractivity contribution is -0.117. The van der Waals surface area contributed by atoms with Gasteiger partial charge in [-0.3, -0.25) is 9.69 Å². The van der Waals surface area contributed by atoms with Gasteiger partial charge in [-0.2, -0.15) is 0 Å². The molecule has 0 saturated carbocycles. The highest BCUT2D eigenvalue weighted by molar-refractivity contribution is 5.96. The molecule has 0 fully saturated rings. The van der Waals surface area contributed by atoms with Crippen LogP contribution in [0.25, 0.3) is 11.1 Å². The number of nitrogens with zero attached hydrogens (tertiary/aromatic N) is 1. The number of nitrogens with one attached hydrogen (secondary N) is 1. The number of rotatable bonds is 7. The molecule has 0 aromatic heterocycles. The minimum atomic E-state index is -0.0382. The molecule has 0 heterocycles. The molecule has 0 saturated heterocycles. The third kappa shape index (κ3) is 5.19. The van der Waals surface area contributed by atoms with Gasteiger partial charge in [0.15, 0.2) is 0 Å². The number of carbonyl (C=O) groups excluding carboxylic acids is 1. The number of hydrogen-bond donors (Lipinski definition) is 1. The summed E-state index contributed by atoms with van der Waals surface area (Å²) in [5.74, 6) is 0.783. The second-order valence-corrected chi connectivity index (χ2v) is 6.48. The van der Waals surface area contributed by atoms with Gasteiger partial charge in [0, 0.05) is 17.8 Å². The molecular weight excluding hydrogens is 336 g/mol. The zero-order valence-corrected chi connectivity index (χ0v) is 15.7. The Kier molecular flexibility index (Phi) is 6.23. The molecule has 0 aliphatic carbocycles. The monoisotopic (exact) mass is 360 g/mol. The first-order valence-electron chi connectivity index (χ1n) is 8.91. The maximum Gasteiger partial charge on any atom is 0.238 e. The van der Waals surface area contributed by atoms with E-state index >= 15 is 0 Å². The topological polar surface area (TPSA) is 41.6 Å². The molecule has 4 heteroatoms. The number of likely N-dealkylation sites (N-methyl/N-ethyl adjacent to an activating group) is 1. The summed E-state index contributed by atoms with van der Waals surface area (Å²) in [6.45, 7) is 0.977. The first-order valence-corrected chi connectivity index (χ1v) is 8.91. The third-order valence-electron chi connectivity index (χ3n) is 4.29. The van der Waals surface area contributed by atoms with Crippen molar-refractivity contribution in [3.8, 4) is 16.9 Å². The highest BCUT2D eigenvalue weighted by Crippen LogP contribution is 2.27. The molecule has 0 spiro atoms. The Bertz CT molecular complexity index is 894. The van der Waals surface area contributed by atoms with Crippen LogP contribution in [-0.2, 0) is 11.3 Å². The summed E-state index contributed by atoms with van der Waals surface area (Å²) in [6.07, 6.45) is 0. The molecule has 0 atom stereocenters. The van der Waals surface area contributed by atoms with E-state index in [1.807, 2.05) is 90.8 Å². The molecule has 4 nitrogen and oxygen atoms in total. The Labute approximate surface area is 160 Å². The normalized spacial score (nSPS) is 10.6. The van der Waals surface area contributed by atoms with Gasteiger partial charge in [-0.1, -0.05) is 60.7 Å². The number of hydrogen-bond acceptors (Lipinski definition) is 3. The summed E-state index contributed by atoms with van der Waals surface area (Å²) < 4.78 is 5.25. The van der Waals surface area contributed by atoms with Crippen molar-refractivity contribution < 1.29 is 9.53 Å². The highest BCUT2D eigenvalue weighted by atomic mass is 16.5. The maximum atomic E-state index is 12.5. The van der Waals surface area contributed by atoms with Crippen LogP contribution in [0, 0.1) is 0 Å². The Morgan fingerprint density at radius 2 is 1.70 bits per heavy atom. The summed E-state index contributed by atoms with van der Waals surface area (Å²) in [4.78, 5) is 14.5. The molecule has 0 aliphatic heterocycles. The Hall–Kier alpha value is -3.11. The maximum absolute atomic E-state index is 12.5. The molecule has 138 valence electrons. The van der Waals surface area contributed by atoms with Gasteiger partial charge in [-0.05, 0) is 36.4 Å². The van der Waals surface area contributed by atoms with Crippen LogP contribution in [0.3, 0.4) is 0 Å². The lowest BCUT2D eigenvalue weighted by atomic mass is 10.0. The number of amides is 1. The van der Waals surface area contributed by atoms with Gasteiger partial charge >= 0.3 is 0 Å². The fourth-order valence-electron chi connectivity index (χ4n) is 3.03. The van der Waals surface area contributed by atoms with Crippen LogP contribution in [0.1, 0.15) is 5.56 Å². The van der Waals surface area contributed by atoms with E-state index in [2.05, 4.69) is 5.32 Å². The zero-order chi connectivity index (χ0) is 19.1. The van der Waals surface area contributed by atoms with Crippen molar-refractivity contribution in [3.63, 3.8) is 0 Å². The second-order valence-electron chi connectivity index (χ2n) is 6.48. The molecule has 0 radical (unpaired) electrons. The van der Waals surface area contributed by atoms with E-state index in [0.717, 1.165) is 28.1 Å². The van der Waals surface area contributed by atoms with Crippen LogP contribution in [0.2, 0.25) is 0 Å². The van der Waals surface area contributed by atoms with Crippen LogP contribution >= 0.6 is 0 Å². The van der Waals surface area contributed by atoms with Crippen molar-refractivity contribution in [1.29, 1.82) is 0 Å². The van der Waals surface area contributed by atoms with Gasteiger partial charge < -0.3 is 10.1 Å². The number of carbonyl (C=O) groups is 1. The molecule has 0 bridgehead atoms. The van der Waals surface area contributed by atoms with Crippen molar-refractivity contribution >= 4 is 11.6 Å². The van der Waals surface area contributed by atoms with E-state index in [9.17, 15) is 4.79 Å². The molecule has 3 aromatic rings. The lowest BCUT2D eigenvalue weighted by Gasteiger charge is -2.18. The molecule has 1 amide bonds. The number of methoxy groups -OCH3 is 1. The zero-order valence-electron chi connectivity index (χ0n) is 15.7. The molecule has 0 unspecified atom stereocenters. The average molecular weight is 360 g/mol. The van der Waals surface area contributed by atoms with Crippen molar-refractivity contribution in [2.45, 2.75) is 6.54 Å². The molecule has 3 rings (SSSR count). The first kappa shape index (κ1) is 18.7. The van der Waals surface area contributed by atoms with Crippen LogP contribution in [0.4, 0.5) is 5.69 Å². The molecule has 3 aromatic carbocycles. The summed E-state index contributed by atoms with van der Waals surface area (Å²) in [7, 11) is 3.59. The first-order chi connectivity index (χ1) is 13.2. The minimum Gasteiger partial charge on any atom is -0.497 e. The number of benzene rings is 3. The summed E-state index contributed by atoms with van der Waals surface area (Å²) >= 11 is 0. The van der Waals surface area contributed by atoms with Gasteiger partial charge in [0.2, 0.25) is 5.91 Å². The van der Waals surface area contributed by atoms with E-state index in [-0.39, 0.29) is 5.91 Å². The smallest absolute Gasteiger partial charge is 0.238 e. The van der Waals surface area contributed by atoms with Crippen molar-refractivity contribution in [2.75, 3.05) is 26.0 Å². The van der Waals surface area contributed by atoms with Gasteiger partial charge in [0.25, 0.3) is 0 Å². The van der Waals surface area contributed by atoms with E-state index in [1.165, 1.54) is 0 Å². The predicted molar refractivity (Wildman–Crippen MR) is 110 cm³/mol. The highest BCUT2D eigenvalue weighted by Gasteiger charge is 2.11. The number of anilines is 1. The number of para-hydroxylation sites is 1. The van der Waals surface area contributed by atoms with Gasteiger partial charge in [0.05, 0.1) is 13.7 Å². The third-order valence-corrected chi connectivity index (χ3v) is 4.29. The van der Waals surface area contributed by atoms with Gasteiger partial charge in [-0.25, -0.2) is 0 Å². The Morgan fingerprint density at radius 1 is 0.963 bits per heavy atom. The Morgan fingerprint density at radius 3 is 2.48 bits per heavy atom. The van der Waals surface area contributed by atoms with Crippen molar-refractivity contribution in [2.24, 2.45) is 0 Å². The second kappa shape index (κ2) is 9.01. The summed E-state index contributed by atoms with van der Waals surface area (Å²) in [6, 6.07) is 25.8. The summed E-state index contributed by atoms with van der Waals surface area (Å²) in [5.41, 5.74) is 4.03. The average Bonchev–Trinajstić information content (AvgIpc) is 2.69. The van der Waals surface area contributed by atoms with Crippen LogP contribution in [0.15, 0.2) is 78.9 Å². The van der Waals surface area contributed by atoms with E-state index < -0.39 is 0 Å². The van der Waals surface area contributed by atoms with Crippen molar-refractivity contribution in [1.82, 2.24) is 4.90 Å². The van der Waals surface area contributed by atoms with Crippen LogP contribution in [-0.4, -0.2) is 31.5 Å². The van der Waals surface area contributed by atoms with E-state index in [0.29, 0.717) is 13.1 Å². The standard InChI is InChI=1S/C23H24N2O2/c1-25(16-18-9-8-12-20(15-18)27-2)17-23(26)24-22-14-7-6-13-21(22)19-10-4-3-5-11-19/h3-15H,16-17H2,1-2H3,(H,24,26). The SMILES string of the molecule is COc1cccc(CN(C)CC(=O)Nc2ccccc2-c2ccccc2)c1. The van der Waals surface area contributed by atoms with Crippen molar-refractivity contribution in [3.05, 3.63) is 84.4 Å². The number of ether oxygens (including phenoxy) is 1. The largest absolute Gasteiger partial charge is 0.497 e. The predicted octanol–water partition coefficient (Wildman–Crippen LogP) is 4.43. The molecule has 27 heavy (non-hydrogen) atoms. The summed E-state index contributed by atoms with van der Waals surface area (Å²) in [5, 5.41) is 3.04. The fourth-order valence-corrected chi connectivity index (χ4v) is 3.03. The Balaban J connectivity index is 1.64. The van der Waals surface area contributed by atoms with E-state index in [1.54, 1.807) is 7.11 Å². The molecule has 0 aliphatic rings. The molecule has 1 N–H and O–H groups in total. The quantitative estimate of drug-likeness (QED) is 0.678. The van der Waals surface area contributed by atoms with E-state index in [4.69, 9.17) is 4.74 Å². The minimum absolute atomic E-state index is 0.0382. The van der Waals surface area contributed by atoms with Gasteiger partial charge in [-0.15, -0.1) is 0 Å². The fraction of sp³-hybridized carbons (Fsp3) is 0.174. The molecular formula is C23H24N2O2. The van der Waals surface area contributed by atoms with Crippen LogP contribution in [0.5, 0.6) is 5.75 Å². The van der Waals surface area contributed by atoms with Crippen LogP contribution < -0.4 is 10.1 Å². The lowest BCUT2D eigenvalue weighted by Crippen LogP contribution is -2.30.